The van der Waals surface area contributed by atoms with E-state index in [9.17, 15) is 14.9 Å². The molecule has 7 nitrogen and oxygen atoms in total. The Morgan fingerprint density at radius 2 is 1.96 bits per heavy atom. The van der Waals surface area contributed by atoms with Crippen LogP contribution >= 0.6 is 11.6 Å². The first-order chi connectivity index (χ1) is 12.4. The first-order valence-electron chi connectivity index (χ1n) is 8.21. The lowest BCUT2D eigenvalue weighted by molar-refractivity contribution is -0.384. The number of hydrogen-bond acceptors (Lipinski definition) is 6. The summed E-state index contributed by atoms with van der Waals surface area (Å²) < 4.78 is 4.95. The van der Waals surface area contributed by atoms with E-state index < -0.39 is 16.6 Å². The third-order valence-electron chi connectivity index (χ3n) is 3.83. The molecule has 26 heavy (non-hydrogen) atoms. The minimum Gasteiger partial charge on any atom is -0.462 e. The van der Waals surface area contributed by atoms with Crippen LogP contribution in [-0.4, -0.2) is 29.0 Å². The van der Waals surface area contributed by atoms with E-state index in [0.717, 1.165) is 5.56 Å². The zero-order valence-electron chi connectivity index (χ0n) is 14.9. The van der Waals surface area contributed by atoms with Gasteiger partial charge in [0.2, 0.25) is 5.82 Å². The molecule has 0 amide bonds. The summed E-state index contributed by atoms with van der Waals surface area (Å²) in [5, 5.41) is 11.4. The van der Waals surface area contributed by atoms with Gasteiger partial charge in [-0.05, 0) is 26.3 Å². The fourth-order valence-corrected chi connectivity index (χ4v) is 2.97. The highest BCUT2D eigenvalue weighted by Gasteiger charge is 2.31. The number of anilines is 1. The van der Waals surface area contributed by atoms with Crippen molar-refractivity contribution in [1.29, 1.82) is 0 Å². The molecule has 0 unspecified atom stereocenters. The fourth-order valence-electron chi connectivity index (χ4n) is 2.61. The van der Waals surface area contributed by atoms with Gasteiger partial charge in [-0.1, -0.05) is 41.9 Å². The topological polar surface area (TPSA) is 85.6 Å². The van der Waals surface area contributed by atoms with Crippen LogP contribution in [0.3, 0.4) is 0 Å². The number of aromatic nitrogens is 1. The summed E-state index contributed by atoms with van der Waals surface area (Å²) in [7, 11) is 0. The molecule has 2 aromatic rings. The summed E-state index contributed by atoms with van der Waals surface area (Å²) in [6.07, 6.45) is 0. The number of carbonyl (C=O) groups is 1. The number of carbonyl (C=O) groups excluding carboxylic acids is 1. The van der Waals surface area contributed by atoms with Crippen LogP contribution < -0.4 is 4.90 Å². The van der Waals surface area contributed by atoms with Crippen molar-refractivity contribution in [2.24, 2.45) is 0 Å². The Bertz CT molecular complexity index is 812. The Hall–Kier alpha value is -2.67. The van der Waals surface area contributed by atoms with E-state index in [2.05, 4.69) is 4.98 Å². The number of esters is 1. The zero-order chi connectivity index (χ0) is 19.3. The van der Waals surface area contributed by atoms with E-state index >= 15 is 0 Å². The monoisotopic (exact) mass is 377 g/mol. The quantitative estimate of drug-likeness (QED) is 0.409. The lowest BCUT2D eigenvalue weighted by Gasteiger charge is -2.23. The maximum absolute atomic E-state index is 12.1. The molecule has 1 heterocycles. The molecule has 0 saturated heterocycles. The van der Waals surface area contributed by atoms with Gasteiger partial charge in [0, 0.05) is 13.1 Å². The van der Waals surface area contributed by atoms with Crippen molar-refractivity contribution >= 4 is 29.1 Å². The summed E-state index contributed by atoms with van der Waals surface area (Å²) in [5.41, 5.74) is 0.812. The minimum atomic E-state index is -0.719. The molecule has 0 bridgehead atoms. The Morgan fingerprint density at radius 3 is 2.50 bits per heavy atom. The maximum Gasteiger partial charge on any atom is 0.341 e. The number of ether oxygens (including phenoxy) is 1. The van der Waals surface area contributed by atoms with Gasteiger partial charge in [0.05, 0.1) is 17.2 Å². The number of rotatable bonds is 7. The van der Waals surface area contributed by atoms with Gasteiger partial charge in [-0.25, -0.2) is 9.78 Å². The molecule has 0 aliphatic heterocycles. The zero-order valence-corrected chi connectivity index (χ0v) is 15.6. The molecule has 138 valence electrons. The predicted molar refractivity (Wildman–Crippen MR) is 99.8 cm³/mol. The van der Waals surface area contributed by atoms with E-state index in [1.807, 2.05) is 37.3 Å². The molecule has 0 radical (unpaired) electrons. The van der Waals surface area contributed by atoms with Gasteiger partial charge in [-0.2, -0.15) is 0 Å². The maximum atomic E-state index is 12.1. The largest absolute Gasteiger partial charge is 0.462 e. The van der Waals surface area contributed by atoms with Gasteiger partial charge in [-0.3, -0.25) is 10.1 Å². The van der Waals surface area contributed by atoms with E-state index in [4.69, 9.17) is 16.3 Å². The average molecular weight is 378 g/mol. The number of benzene rings is 1. The van der Waals surface area contributed by atoms with E-state index in [-0.39, 0.29) is 23.0 Å². The summed E-state index contributed by atoms with van der Waals surface area (Å²) in [4.78, 5) is 29.2. The summed E-state index contributed by atoms with van der Waals surface area (Å²) >= 11 is 6.24. The van der Waals surface area contributed by atoms with Gasteiger partial charge in [0.1, 0.15) is 10.6 Å². The van der Waals surface area contributed by atoms with Crippen molar-refractivity contribution in [3.05, 3.63) is 62.3 Å². The van der Waals surface area contributed by atoms with Crippen LogP contribution in [-0.2, 0) is 11.3 Å². The van der Waals surface area contributed by atoms with Gasteiger partial charge in [0.25, 0.3) is 0 Å². The summed E-state index contributed by atoms with van der Waals surface area (Å²) in [6.45, 7) is 6.16. The normalized spacial score (nSPS) is 10.5. The molecule has 0 saturated carbocycles. The number of hydrogen-bond donors (Lipinski definition) is 0. The number of aryl methyl sites for hydroxylation is 1. The molecular weight excluding hydrogens is 358 g/mol. The number of nitrogens with zero attached hydrogens (tertiary/aromatic N) is 3. The van der Waals surface area contributed by atoms with Crippen LogP contribution in [0.25, 0.3) is 0 Å². The van der Waals surface area contributed by atoms with Crippen molar-refractivity contribution in [3.8, 4) is 0 Å². The lowest BCUT2D eigenvalue weighted by Crippen LogP contribution is -2.25. The Balaban J connectivity index is 2.56. The Morgan fingerprint density at radius 1 is 1.31 bits per heavy atom. The highest BCUT2D eigenvalue weighted by atomic mass is 35.5. The number of pyridine rings is 1. The van der Waals surface area contributed by atoms with Crippen LogP contribution in [0.15, 0.2) is 30.3 Å². The third-order valence-corrected chi connectivity index (χ3v) is 4.20. The van der Waals surface area contributed by atoms with Gasteiger partial charge in [0.15, 0.2) is 0 Å². The molecule has 0 atom stereocenters. The average Bonchev–Trinajstić information content (AvgIpc) is 2.59. The van der Waals surface area contributed by atoms with Gasteiger partial charge < -0.3 is 9.64 Å². The highest BCUT2D eigenvalue weighted by Crippen LogP contribution is 2.38. The second-order valence-corrected chi connectivity index (χ2v) is 5.91. The lowest BCUT2D eigenvalue weighted by atomic mass is 10.1. The Kier molecular flexibility index (Phi) is 6.52. The molecular formula is C18H20ClN3O4. The second kappa shape index (κ2) is 8.62. The molecule has 0 spiro atoms. The van der Waals surface area contributed by atoms with Crippen LogP contribution in [0.2, 0.25) is 5.02 Å². The van der Waals surface area contributed by atoms with Crippen molar-refractivity contribution in [3.63, 3.8) is 0 Å². The SMILES string of the molecule is CCOC(=O)c1c(C)nc(N(CC)Cc2ccccc2)c([N+](=O)[O-])c1Cl. The molecule has 0 aliphatic carbocycles. The van der Waals surface area contributed by atoms with Crippen molar-refractivity contribution in [2.45, 2.75) is 27.3 Å². The molecule has 1 aromatic carbocycles. The molecule has 8 heteroatoms. The highest BCUT2D eigenvalue weighted by molar-refractivity contribution is 6.36. The van der Waals surface area contributed by atoms with Crippen molar-refractivity contribution in [2.75, 3.05) is 18.1 Å². The first kappa shape index (κ1) is 19.7. The minimum absolute atomic E-state index is 0.0697. The molecule has 0 aliphatic rings. The molecule has 2 rings (SSSR count). The fraction of sp³-hybridized carbons (Fsp3) is 0.333. The third kappa shape index (κ3) is 4.11. The van der Waals surface area contributed by atoms with Gasteiger partial charge >= 0.3 is 11.7 Å². The first-order valence-corrected chi connectivity index (χ1v) is 8.58. The Labute approximate surface area is 156 Å². The summed E-state index contributed by atoms with van der Waals surface area (Å²) in [6, 6.07) is 9.54. The summed E-state index contributed by atoms with van der Waals surface area (Å²) in [5.74, 6) is -0.583. The predicted octanol–water partition coefficient (Wildman–Crippen LogP) is 4.15. The van der Waals surface area contributed by atoms with Crippen molar-refractivity contribution < 1.29 is 14.5 Å². The molecule has 0 N–H and O–H groups in total. The van der Waals surface area contributed by atoms with E-state index in [1.54, 1.807) is 18.7 Å². The molecule has 1 aromatic heterocycles. The molecule has 0 fully saturated rings. The van der Waals surface area contributed by atoms with Gasteiger partial charge in [-0.15, -0.1) is 0 Å². The number of nitro groups is 1. The smallest absolute Gasteiger partial charge is 0.341 e. The standard InChI is InChI=1S/C18H20ClN3O4/c1-4-21(11-13-9-7-6-8-10-13)17-16(22(24)25)15(19)14(12(3)20-17)18(23)26-5-2/h6-10H,4-5,11H2,1-3H3. The van der Waals surface area contributed by atoms with Crippen LogP contribution in [0.5, 0.6) is 0 Å². The van der Waals surface area contributed by atoms with E-state index in [1.165, 1.54) is 0 Å². The van der Waals surface area contributed by atoms with Crippen LogP contribution in [0.4, 0.5) is 11.5 Å². The number of halogens is 1. The van der Waals surface area contributed by atoms with E-state index in [0.29, 0.717) is 18.8 Å². The second-order valence-electron chi connectivity index (χ2n) is 5.54. The van der Waals surface area contributed by atoms with Crippen LogP contribution in [0, 0.1) is 17.0 Å². The van der Waals surface area contributed by atoms with Crippen molar-refractivity contribution in [1.82, 2.24) is 4.98 Å². The van der Waals surface area contributed by atoms with Crippen LogP contribution in [0.1, 0.15) is 35.5 Å².